The number of carbonyl (C=O) groups is 2. The molecule has 2 aliphatic rings. The molecule has 0 unspecified atom stereocenters. The predicted molar refractivity (Wildman–Crippen MR) is 104 cm³/mol. The molecule has 154 valence electrons. The molecule has 1 aliphatic heterocycles. The molecule has 1 amide bonds. The maximum Gasteiger partial charge on any atom is 0.338 e. The van der Waals surface area contributed by atoms with Gasteiger partial charge in [-0.1, -0.05) is 25.3 Å². The molecule has 28 heavy (non-hydrogen) atoms. The van der Waals surface area contributed by atoms with E-state index in [0.717, 1.165) is 32.1 Å². The van der Waals surface area contributed by atoms with Crippen molar-refractivity contribution in [3.05, 3.63) is 29.8 Å². The van der Waals surface area contributed by atoms with Gasteiger partial charge in [-0.2, -0.15) is 0 Å². The van der Waals surface area contributed by atoms with E-state index in [1.54, 1.807) is 29.2 Å². The summed E-state index contributed by atoms with van der Waals surface area (Å²) in [6.45, 7) is -0.386. The Balaban J connectivity index is 1.67. The van der Waals surface area contributed by atoms with Gasteiger partial charge in [-0.15, -0.1) is 0 Å². The van der Waals surface area contributed by atoms with E-state index in [0.29, 0.717) is 17.7 Å². The number of nitrogens with zero attached hydrogens (tertiary/aromatic N) is 1. The maximum absolute atomic E-state index is 12.9. The Kier molecular flexibility index (Phi) is 6.59. The summed E-state index contributed by atoms with van der Waals surface area (Å²) >= 11 is 0. The number of esters is 1. The molecule has 1 saturated carbocycles. The first-order valence-electron chi connectivity index (χ1n) is 9.72. The highest BCUT2D eigenvalue weighted by Gasteiger charge is 2.38. The van der Waals surface area contributed by atoms with Crippen LogP contribution in [-0.2, 0) is 19.4 Å². The predicted octanol–water partition coefficient (Wildman–Crippen LogP) is 2.20. The van der Waals surface area contributed by atoms with Crippen molar-refractivity contribution >= 4 is 21.7 Å². The van der Waals surface area contributed by atoms with Crippen molar-refractivity contribution in [3.8, 4) is 5.75 Å². The topological polar surface area (TPSA) is 90.0 Å². The Morgan fingerprint density at radius 3 is 2.50 bits per heavy atom. The van der Waals surface area contributed by atoms with E-state index in [2.05, 4.69) is 0 Å². The number of amides is 1. The average Bonchev–Trinajstić information content (AvgIpc) is 3.06. The fourth-order valence-corrected chi connectivity index (χ4v) is 5.81. The molecule has 2 fully saturated rings. The highest BCUT2D eigenvalue weighted by molar-refractivity contribution is 7.91. The fraction of sp³-hybridized carbons (Fsp3) is 0.600. The van der Waals surface area contributed by atoms with Gasteiger partial charge in [0.05, 0.1) is 24.2 Å². The van der Waals surface area contributed by atoms with Crippen molar-refractivity contribution in [1.29, 1.82) is 0 Å². The molecule has 1 aliphatic carbocycles. The first-order valence-corrected chi connectivity index (χ1v) is 11.5. The third-order valence-electron chi connectivity index (χ3n) is 5.49. The lowest BCUT2D eigenvalue weighted by Gasteiger charge is -2.38. The minimum Gasteiger partial charge on any atom is -0.497 e. The Hall–Kier alpha value is -2.09. The van der Waals surface area contributed by atoms with Gasteiger partial charge in [0.2, 0.25) is 0 Å². The molecule has 1 aromatic rings. The zero-order chi connectivity index (χ0) is 20.1. The average molecular weight is 410 g/mol. The van der Waals surface area contributed by atoms with Crippen molar-refractivity contribution < 1.29 is 27.5 Å². The summed E-state index contributed by atoms with van der Waals surface area (Å²) in [4.78, 5) is 26.9. The molecule has 0 spiro atoms. The monoisotopic (exact) mass is 409 g/mol. The van der Waals surface area contributed by atoms with Crippen molar-refractivity contribution in [2.24, 2.45) is 0 Å². The SMILES string of the molecule is COc1cccc(C(=O)OCC(=O)N(C2CCCCC2)[C@H]2CCS(=O)(=O)C2)c1. The van der Waals surface area contributed by atoms with E-state index in [-0.39, 0.29) is 36.1 Å². The quantitative estimate of drug-likeness (QED) is 0.669. The van der Waals surface area contributed by atoms with Crippen molar-refractivity contribution in [2.45, 2.75) is 50.6 Å². The summed E-state index contributed by atoms with van der Waals surface area (Å²) in [6, 6.07) is 6.24. The summed E-state index contributed by atoms with van der Waals surface area (Å²) in [5, 5.41) is 0. The number of rotatable bonds is 6. The van der Waals surface area contributed by atoms with E-state index >= 15 is 0 Å². The van der Waals surface area contributed by atoms with Crippen LogP contribution in [0.5, 0.6) is 5.75 Å². The van der Waals surface area contributed by atoms with E-state index in [9.17, 15) is 18.0 Å². The largest absolute Gasteiger partial charge is 0.497 e. The van der Waals surface area contributed by atoms with Crippen LogP contribution >= 0.6 is 0 Å². The number of hydrogen-bond donors (Lipinski definition) is 0. The summed E-state index contributed by atoms with van der Waals surface area (Å²) in [5.74, 6) is -0.280. The van der Waals surface area contributed by atoms with Gasteiger partial charge in [-0.3, -0.25) is 4.79 Å². The first kappa shape index (κ1) is 20.6. The van der Waals surface area contributed by atoms with E-state index in [4.69, 9.17) is 9.47 Å². The second-order valence-electron chi connectivity index (χ2n) is 7.46. The number of benzene rings is 1. The highest BCUT2D eigenvalue weighted by atomic mass is 32.2. The van der Waals surface area contributed by atoms with Crippen molar-refractivity contribution in [3.63, 3.8) is 0 Å². The lowest BCUT2D eigenvalue weighted by atomic mass is 9.93. The van der Waals surface area contributed by atoms with Gasteiger partial charge in [0.1, 0.15) is 5.75 Å². The molecule has 7 nitrogen and oxygen atoms in total. The highest BCUT2D eigenvalue weighted by Crippen LogP contribution is 2.28. The van der Waals surface area contributed by atoms with Gasteiger partial charge < -0.3 is 14.4 Å². The maximum atomic E-state index is 12.9. The lowest BCUT2D eigenvalue weighted by molar-refractivity contribution is -0.140. The Labute approximate surface area is 165 Å². The van der Waals surface area contributed by atoms with Crippen LogP contribution in [0.2, 0.25) is 0 Å². The second kappa shape index (κ2) is 8.94. The minimum atomic E-state index is -3.11. The molecular formula is C20H27NO6S. The van der Waals surface area contributed by atoms with Gasteiger partial charge >= 0.3 is 5.97 Å². The van der Waals surface area contributed by atoms with Gasteiger partial charge in [-0.25, -0.2) is 13.2 Å². The van der Waals surface area contributed by atoms with E-state index in [1.807, 2.05) is 0 Å². The zero-order valence-corrected chi connectivity index (χ0v) is 16.9. The molecule has 0 bridgehead atoms. The van der Waals surface area contributed by atoms with E-state index in [1.165, 1.54) is 7.11 Å². The van der Waals surface area contributed by atoms with Gasteiger partial charge in [0.15, 0.2) is 16.4 Å². The third kappa shape index (κ3) is 5.04. The molecule has 1 atom stereocenters. The van der Waals surface area contributed by atoms with Crippen LogP contribution in [0, 0.1) is 0 Å². The lowest BCUT2D eigenvalue weighted by Crippen LogP contribution is -2.50. The molecule has 0 N–H and O–H groups in total. The van der Waals surface area contributed by atoms with Crippen LogP contribution in [0.15, 0.2) is 24.3 Å². The molecule has 0 aromatic heterocycles. The van der Waals surface area contributed by atoms with Crippen LogP contribution in [0.3, 0.4) is 0 Å². The standard InChI is InChI=1S/C20H27NO6S/c1-26-18-9-5-6-15(12-18)20(23)27-13-19(22)21(16-7-3-2-4-8-16)17-10-11-28(24,25)14-17/h5-6,9,12,16-17H,2-4,7-8,10-11,13-14H2,1H3/t17-/m0/s1. The van der Waals surface area contributed by atoms with Crippen LogP contribution in [-0.4, -0.2) is 62.5 Å². The normalized spacial score (nSPS) is 21.8. The van der Waals surface area contributed by atoms with Crippen LogP contribution in [0.25, 0.3) is 0 Å². The zero-order valence-electron chi connectivity index (χ0n) is 16.1. The second-order valence-corrected chi connectivity index (χ2v) is 9.69. The van der Waals surface area contributed by atoms with Gasteiger partial charge in [0.25, 0.3) is 5.91 Å². The third-order valence-corrected chi connectivity index (χ3v) is 7.24. The summed E-state index contributed by atoms with van der Waals surface area (Å²) < 4.78 is 34.2. The molecule has 0 radical (unpaired) electrons. The summed E-state index contributed by atoms with van der Waals surface area (Å²) in [6.07, 6.45) is 5.37. The number of methoxy groups -OCH3 is 1. The molecular weight excluding hydrogens is 382 g/mol. The number of sulfone groups is 1. The number of hydrogen-bond acceptors (Lipinski definition) is 6. The molecule has 1 aromatic carbocycles. The molecule has 1 heterocycles. The summed E-state index contributed by atoms with van der Waals surface area (Å²) in [7, 11) is -1.60. The first-order chi connectivity index (χ1) is 13.4. The Morgan fingerprint density at radius 1 is 1.11 bits per heavy atom. The minimum absolute atomic E-state index is 0.000922. The van der Waals surface area contributed by atoms with Crippen LogP contribution in [0.1, 0.15) is 48.9 Å². The number of ether oxygens (including phenoxy) is 2. The van der Waals surface area contributed by atoms with Crippen LogP contribution < -0.4 is 4.74 Å². The molecule has 1 saturated heterocycles. The summed E-state index contributed by atoms with van der Waals surface area (Å²) in [5.41, 5.74) is 0.305. The van der Waals surface area contributed by atoms with E-state index < -0.39 is 15.8 Å². The Bertz CT molecular complexity index is 816. The molecule has 8 heteroatoms. The van der Waals surface area contributed by atoms with Crippen molar-refractivity contribution in [1.82, 2.24) is 4.90 Å². The van der Waals surface area contributed by atoms with Crippen LogP contribution in [0.4, 0.5) is 0 Å². The molecule has 3 rings (SSSR count). The Morgan fingerprint density at radius 2 is 1.86 bits per heavy atom. The fourth-order valence-electron chi connectivity index (χ4n) is 4.09. The van der Waals surface area contributed by atoms with Crippen molar-refractivity contribution in [2.75, 3.05) is 25.2 Å². The number of carbonyl (C=O) groups excluding carboxylic acids is 2. The smallest absolute Gasteiger partial charge is 0.338 e. The van der Waals surface area contributed by atoms with Gasteiger partial charge in [0, 0.05) is 12.1 Å². The van der Waals surface area contributed by atoms with Gasteiger partial charge in [-0.05, 0) is 37.5 Å².